The second kappa shape index (κ2) is 10.4. The van der Waals surface area contributed by atoms with E-state index in [2.05, 4.69) is 15.4 Å². The Morgan fingerprint density at radius 1 is 1.19 bits per heavy atom. The Kier molecular flexibility index (Phi) is 7.61. The van der Waals surface area contributed by atoms with Crippen molar-refractivity contribution in [1.82, 2.24) is 4.90 Å². The molecule has 1 fully saturated rings. The minimum absolute atomic E-state index is 0.175. The molecule has 2 aromatic rings. The molecule has 1 aliphatic rings. The number of amidine groups is 1. The summed E-state index contributed by atoms with van der Waals surface area (Å²) in [5.74, 6) is -0.265. The summed E-state index contributed by atoms with van der Waals surface area (Å²) in [6.07, 6.45) is 1.12. The lowest BCUT2D eigenvalue weighted by Gasteiger charge is -2.26. The highest BCUT2D eigenvalue weighted by atomic mass is 32.2. The van der Waals surface area contributed by atoms with Gasteiger partial charge < -0.3 is 20.6 Å². The summed E-state index contributed by atoms with van der Waals surface area (Å²) in [7, 11) is -3.29. The van der Waals surface area contributed by atoms with Crippen LogP contribution >= 0.6 is 0 Å². The summed E-state index contributed by atoms with van der Waals surface area (Å²) in [4.78, 5) is 19.6. The minimum Gasteiger partial charge on any atom is -0.384 e. The van der Waals surface area contributed by atoms with Gasteiger partial charge in [-0.15, -0.1) is 0 Å². The smallest absolute Gasteiger partial charge is 0.265 e. The van der Waals surface area contributed by atoms with Crippen molar-refractivity contribution in [2.75, 3.05) is 44.5 Å². The fourth-order valence-electron chi connectivity index (χ4n) is 3.04. The molecule has 0 radical (unpaired) electrons. The van der Waals surface area contributed by atoms with Gasteiger partial charge in [-0.2, -0.15) is 0 Å². The fourth-order valence-corrected chi connectivity index (χ4v) is 3.67. The van der Waals surface area contributed by atoms with Gasteiger partial charge in [0, 0.05) is 37.1 Å². The third-order valence-electron chi connectivity index (χ3n) is 4.66. The third kappa shape index (κ3) is 7.06. The number of sulfone groups is 1. The minimum atomic E-state index is -3.29. The molecule has 166 valence electrons. The third-order valence-corrected chi connectivity index (χ3v) is 5.79. The second-order valence-electron chi connectivity index (χ2n) is 7.18. The van der Waals surface area contributed by atoms with Gasteiger partial charge in [0.1, 0.15) is 0 Å². The molecule has 0 bridgehead atoms. The van der Waals surface area contributed by atoms with E-state index < -0.39 is 15.7 Å². The van der Waals surface area contributed by atoms with Crippen LogP contribution in [0, 0.1) is 0 Å². The number of anilines is 1. The van der Waals surface area contributed by atoms with Crippen molar-refractivity contribution >= 4 is 27.3 Å². The Bertz CT molecular complexity index is 1030. The van der Waals surface area contributed by atoms with Crippen LogP contribution in [0.15, 0.2) is 58.6 Å². The lowest BCUT2D eigenvalue weighted by molar-refractivity contribution is -0.120. The van der Waals surface area contributed by atoms with Gasteiger partial charge >= 0.3 is 0 Å². The number of morpholine rings is 1. The first-order valence-corrected chi connectivity index (χ1v) is 11.7. The lowest BCUT2D eigenvalue weighted by Crippen LogP contribution is -2.35. The highest BCUT2D eigenvalue weighted by Gasteiger charge is 2.12. The normalized spacial score (nSPS) is 15.5. The van der Waals surface area contributed by atoms with Gasteiger partial charge in [0.05, 0.1) is 18.1 Å². The van der Waals surface area contributed by atoms with Crippen LogP contribution in [0.5, 0.6) is 0 Å². The monoisotopic (exact) mass is 446 g/mol. The van der Waals surface area contributed by atoms with Gasteiger partial charge in [-0.05, 0) is 35.9 Å². The van der Waals surface area contributed by atoms with Gasteiger partial charge in [0.25, 0.3) is 5.91 Å². The average molecular weight is 447 g/mol. The van der Waals surface area contributed by atoms with Gasteiger partial charge in [0.15, 0.2) is 22.3 Å². The number of carbonyl (C=O) groups excluding carboxylic acids is 1. The first-order chi connectivity index (χ1) is 14.8. The summed E-state index contributed by atoms with van der Waals surface area (Å²) in [5.41, 5.74) is 8.26. The van der Waals surface area contributed by atoms with Gasteiger partial charge in [-0.25, -0.2) is 8.42 Å². The average Bonchev–Trinajstić information content (AvgIpc) is 2.74. The van der Waals surface area contributed by atoms with E-state index in [9.17, 15) is 13.2 Å². The van der Waals surface area contributed by atoms with Crippen LogP contribution < -0.4 is 11.1 Å². The summed E-state index contributed by atoms with van der Waals surface area (Å²) in [5, 5.41) is 6.44. The number of amides is 1. The van der Waals surface area contributed by atoms with E-state index in [4.69, 9.17) is 15.3 Å². The maximum atomic E-state index is 12.0. The topological polar surface area (TPSA) is 123 Å². The number of nitrogens with zero attached hydrogens (tertiary/aromatic N) is 2. The zero-order valence-electron chi connectivity index (χ0n) is 17.3. The van der Waals surface area contributed by atoms with Crippen molar-refractivity contribution in [3.8, 4) is 0 Å². The number of nitrogens with one attached hydrogen (secondary N) is 1. The van der Waals surface area contributed by atoms with Crippen molar-refractivity contribution < 1.29 is 22.8 Å². The molecule has 9 nitrogen and oxygen atoms in total. The van der Waals surface area contributed by atoms with Crippen LogP contribution in [0.2, 0.25) is 0 Å². The molecule has 10 heteroatoms. The molecule has 0 saturated carbocycles. The summed E-state index contributed by atoms with van der Waals surface area (Å²) in [6.45, 7) is 3.72. The molecule has 0 aliphatic carbocycles. The van der Waals surface area contributed by atoms with Gasteiger partial charge in [0.2, 0.25) is 0 Å². The molecule has 3 rings (SSSR count). The number of hydrogen-bond donors (Lipinski definition) is 2. The van der Waals surface area contributed by atoms with E-state index in [1.54, 1.807) is 0 Å². The van der Waals surface area contributed by atoms with E-state index in [-0.39, 0.29) is 17.3 Å². The van der Waals surface area contributed by atoms with Crippen LogP contribution in [0.1, 0.15) is 11.1 Å². The lowest BCUT2D eigenvalue weighted by atomic mass is 10.1. The first kappa shape index (κ1) is 22.7. The Labute approximate surface area is 181 Å². The molecule has 31 heavy (non-hydrogen) atoms. The van der Waals surface area contributed by atoms with E-state index >= 15 is 0 Å². The van der Waals surface area contributed by atoms with Crippen molar-refractivity contribution in [3.05, 3.63) is 59.7 Å². The van der Waals surface area contributed by atoms with Crippen LogP contribution in [0.25, 0.3) is 0 Å². The largest absolute Gasteiger partial charge is 0.384 e. The predicted molar refractivity (Wildman–Crippen MR) is 117 cm³/mol. The van der Waals surface area contributed by atoms with Crippen molar-refractivity contribution in [2.45, 2.75) is 11.4 Å². The number of ether oxygens (including phenoxy) is 1. The molecular weight excluding hydrogens is 420 g/mol. The molecule has 0 atom stereocenters. The van der Waals surface area contributed by atoms with Crippen LogP contribution in [0.4, 0.5) is 5.69 Å². The Hall–Kier alpha value is -2.95. The molecule has 1 heterocycles. The number of rotatable bonds is 8. The van der Waals surface area contributed by atoms with E-state index in [0.29, 0.717) is 11.3 Å². The molecule has 1 amide bonds. The maximum absolute atomic E-state index is 12.0. The predicted octanol–water partition coefficient (Wildman–Crippen LogP) is 1.20. The molecular formula is C21H26N4O5S. The summed E-state index contributed by atoms with van der Waals surface area (Å²) >= 11 is 0. The van der Waals surface area contributed by atoms with Crippen molar-refractivity contribution in [1.29, 1.82) is 0 Å². The van der Waals surface area contributed by atoms with Crippen molar-refractivity contribution in [3.63, 3.8) is 0 Å². The zero-order valence-corrected chi connectivity index (χ0v) is 18.1. The van der Waals surface area contributed by atoms with Crippen LogP contribution in [0.3, 0.4) is 0 Å². The SMILES string of the molecule is CS(=O)(=O)c1ccc(NC(=O)CO/N=C(/N)c2cccc(CN3CCOCC3)c2)cc1. The number of carbonyl (C=O) groups is 1. The second-order valence-corrected chi connectivity index (χ2v) is 9.20. The van der Waals surface area contributed by atoms with Gasteiger partial charge in [-0.1, -0.05) is 23.4 Å². The molecule has 1 aliphatic heterocycles. The van der Waals surface area contributed by atoms with E-state index in [1.807, 2.05) is 24.3 Å². The molecule has 0 aromatic heterocycles. The molecule has 1 saturated heterocycles. The fraction of sp³-hybridized carbons (Fsp3) is 0.333. The number of hydrogen-bond acceptors (Lipinski definition) is 7. The summed E-state index contributed by atoms with van der Waals surface area (Å²) in [6, 6.07) is 13.6. The van der Waals surface area contributed by atoms with E-state index in [1.165, 1.54) is 24.3 Å². The molecule has 2 aromatic carbocycles. The molecule has 0 unspecified atom stereocenters. The highest BCUT2D eigenvalue weighted by molar-refractivity contribution is 7.90. The number of nitrogens with two attached hydrogens (primary N) is 1. The summed E-state index contributed by atoms with van der Waals surface area (Å²) < 4.78 is 28.3. The van der Waals surface area contributed by atoms with Crippen LogP contribution in [-0.2, 0) is 30.8 Å². The van der Waals surface area contributed by atoms with Gasteiger partial charge in [-0.3, -0.25) is 9.69 Å². The first-order valence-electron chi connectivity index (χ1n) is 9.76. The zero-order chi connectivity index (χ0) is 22.3. The molecule has 3 N–H and O–H groups in total. The molecule has 0 spiro atoms. The van der Waals surface area contributed by atoms with Crippen molar-refractivity contribution in [2.24, 2.45) is 10.9 Å². The Morgan fingerprint density at radius 2 is 1.90 bits per heavy atom. The van der Waals surface area contributed by atoms with E-state index in [0.717, 1.165) is 44.7 Å². The van der Waals surface area contributed by atoms with Crippen LogP contribution in [-0.4, -0.2) is 64.2 Å². The Balaban J connectivity index is 1.51. The highest BCUT2D eigenvalue weighted by Crippen LogP contribution is 2.14. The number of oxime groups is 1. The Morgan fingerprint density at radius 3 is 2.58 bits per heavy atom. The maximum Gasteiger partial charge on any atom is 0.265 e. The standard InChI is InChI=1S/C21H26N4O5S/c1-31(27,28)19-7-5-18(6-8-19)23-20(26)15-30-24-21(22)17-4-2-3-16(13-17)14-25-9-11-29-12-10-25/h2-8,13H,9-12,14-15H2,1H3,(H2,22,24)(H,23,26). The quantitative estimate of drug-likeness (QED) is 0.355. The number of benzene rings is 2.